The van der Waals surface area contributed by atoms with Crippen molar-refractivity contribution in [1.29, 1.82) is 0 Å². The van der Waals surface area contributed by atoms with Crippen LogP contribution in [0.1, 0.15) is 10.4 Å². The summed E-state index contributed by atoms with van der Waals surface area (Å²) in [5.41, 5.74) is 3.11. The van der Waals surface area contributed by atoms with E-state index in [4.69, 9.17) is 9.72 Å². The Morgan fingerprint density at radius 3 is 2.71 bits per heavy atom. The van der Waals surface area contributed by atoms with Gasteiger partial charge in [0, 0.05) is 16.6 Å². The predicted octanol–water partition coefficient (Wildman–Crippen LogP) is 5.12. The Hall–Kier alpha value is -2.46. The lowest BCUT2D eigenvalue weighted by atomic mass is 10.2. The molecule has 0 atom stereocenters. The number of hydrogen-bond acceptors (Lipinski definition) is 6. The molecular formula is C20H18IN5OS. The van der Waals surface area contributed by atoms with E-state index < -0.39 is 0 Å². The third-order valence-electron chi connectivity index (χ3n) is 4.16. The van der Waals surface area contributed by atoms with Gasteiger partial charge in [-0.3, -0.25) is 4.68 Å². The van der Waals surface area contributed by atoms with Crippen LogP contribution in [0, 0.1) is 10.6 Å². The molecule has 4 rings (SSSR count). The number of halogens is 1. The Balaban J connectivity index is 1.51. The maximum absolute atomic E-state index is 5.21. The van der Waals surface area contributed by atoms with Crippen molar-refractivity contribution < 1.29 is 4.74 Å². The number of rotatable bonds is 6. The van der Waals surface area contributed by atoms with E-state index in [1.54, 1.807) is 18.4 Å². The Bertz CT molecular complexity index is 1090. The van der Waals surface area contributed by atoms with E-state index in [2.05, 4.69) is 44.9 Å². The molecule has 0 saturated carbocycles. The van der Waals surface area contributed by atoms with E-state index in [0.717, 1.165) is 42.1 Å². The third-order valence-corrected chi connectivity index (χ3v) is 5.64. The number of thiazole rings is 1. The fourth-order valence-corrected chi connectivity index (χ4v) is 4.11. The number of ether oxygens (including phenoxy) is 1. The highest BCUT2D eigenvalue weighted by atomic mass is 127. The summed E-state index contributed by atoms with van der Waals surface area (Å²) in [4.78, 5) is 10.3. The molecule has 0 fully saturated rings. The summed E-state index contributed by atoms with van der Waals surface area (Å²) in [7, 11) is 1.67. The molecule has 0 spiro atoms. The highest BCUT2D eigenvalue weighted by Crippen LogP contribution is 2.31. The highest BCUT2D eigenvalue weighted by molar-refractivity contribution is 14.1. The van der Waals surface area contributed by atoms with Gasteiger partial charge in [-0.2, -0.15) is 5.10 Å². The van der Waals surface area contributed by atoms with Crippen LogP contribution >= 0.6 is 33.9 Å². The smallest absolute Gasteiger partial charge is 0.189 e. The molecule has 8 heteroatoms. The van der Waals surface area contributed by atoms with E-state index in [1.165, 1.54) is 0 Å². The number of benzene rings is 1. The number of methoxy groups -OCH3 is 1. The summed E-state index contributed by atoms with van der Waals surface area (Å²) in [6.07, 6.45) is 3.89. The zero-order valence-electron chi connectivity index (χ0n) is 15.4. The van der Waals surface area contributed by atoms with Crippen LogP contribution in [-0.4, -0.2) is 26.9 Å². The minimum Gasteiger partial charge on any atom is -0.497 e. The predicted molar refractivity (Wildman–Crippen MR) is 120 cm³/mol. The summed E-state index contributed by atoms with van der Waals surface area (Å²) in [6, 6.07) is 13.9. The Kier molecular flexibility index (Phi) is 5.58. The van der Waals surface area contributed by atoms with Crippen LogP contribution in [0.3, 0.4) is 0 Å². The van der Waals surface area contributed by atoms with Crippen molar-refractivity contribution in [1.82, 2.24) is 19.7 Å². The van der Waals surface area contributed by atoms with Crippen LogP contribution < -0.4 is 10.1 Å². The van der Waals surface area contributed by atoms with E-state index in [-0.39, 0.29) is 0 Å². The molecule has 4 aromatic rings. The molecule has 6 nitrogen and oxygen atoms in total. The topological polar surface area (TPSA) is 64.9 Å². The molecule has 0 radical (unpaired) electrons. The average Bonchev–Trinajstić information content (AvgIpc) is 3.28. The molecule has 3 aromatic heterocycles. The highest BCUT2D eigenvalue weighted by Gasteiger charge is 2.12. The lowest BCUT2D eigenvalue weighted by molar-refractivity contribution is 0.414. The zero-order valence-corrected chi connectivity index (χ0v) is 18.4. The van der Waals surface area contributed by atoms with Gasteiger partial charge < -0.3 is 10.1 Å². The lowest BCUT2D eigenvalue weighted by Gasteiger charge is -2.03. The quantitative estimate of drug-likeness (QED) is 0.293. The molecule has 1 N–H and O–H groups in total. The second-order valence-electron chi connectivity index (χ2n) is 6.17. The van der Waals surface area contributed by atoms with Gasteiger partial charge in [0.15, 0.2) is 5.13 Å². The van der Waals surface area contributed by atoms with Gasteiger partial charge in [0.25, 0.3) is 0 Å². The van der Waals surface area contributed by atoms with Gasteiger partial charge >= 0.3 is 0 Å². The molecule has 142 valence electrons. The minimum absolute atomic E-state index is 0.699. The summed E-state index contributed by atoms with van der Waals surface area (Å²) in [5, 5.41) is 8.60. The number of pyridine rings is 1. The van der Waals surface area contributed by atoms with Crippen molar-refractivity contribution in [2.24, 2.45) is 0 Å². The first kappa shape index (κ1) is 18.9. The van der Waals surface area contributed by atoms with Crippen molar-refractivity contribution in [3.63, 3.8) is 0 Å². The van der Waals surface area contributed by atoms with E-state index in [1.807, 2.05) is 59.5 Å². The molecule has 0 amide bonds. The second-order valence-corrected chi connectivity index (χ2v) is 8.48. The van der Waals surface area contributed by atoms with Gasteiger partial charge in [-0.1, -0.05) is 18.2 Å². The number of hydrogen-bond donors (Lipinski definition) is 1. The maximum atomic E-state index is 5.21. The van der Waals surface area contributed by atoms with E-state index >= 15 is 0 Å². The van der Waals surface area contributed by atoms with Gasteiger partial charge in [-0.05, 0) is 59.3 Å². The number of nitrogens with one attached hydrogen (secondary N) is 1. The molecule has 0 aliphatic rings. The third kappa shape index (κ3) is 4.33. The second kappa shape index (κ2) is 8.27. The van der Waals surface area contributed by atoms with Gasteiger partial charge in [0.1, 0.15) is 15.3 Å². The molecule has 3 heterocycles. The zero-order chi connectivity index (χ0) is 19.5. The fraction of sp³-hybridized carbons (Fsp3) is 0.150. The van der Waals surface area contributed by atoms with Crippen LogP contribution in [-0.2, 0) is 6.54 Å². The molecule has 0 bridgehead atoms. The largest absolute Gasteiger partial charge is 0.497 e. The number of aromatic nitrogens is 4. The van der Waals surface area contributed by atoms with Crippen molar-refractivity contribution in [3.8, 4) is 17.0 Å². The normalized spacial score (nSPS) is 10.8. The van der Waals surface area contributed by atoms with Gasteiger partial charge in [-0.15, -0.1) is 11.3 Å². The number of aryl methyl sites for hydroxylation is 1. The standard InChI is InChI=1S/C20H18IN5OS/c1-13-19(25-20(28-13)24-18-5-3-4-17(21)23-18)15-10-22-26(12-15)11-14-6-8-16(27-2)9-7-14/h3-10,12H,11H2,1-2H3,(H,23,24,25). The SMILES string of the molecule is COc1ccc(Cn2cc(-c3nc(Nc4cccc(I)n4)sc3C)cn2)cc1. The monoisotopic (exact) mass is 503 g/mol. The number of anilines is 2. The Morgan fingerprint density at radius 2 is 1.96 bits per heavy atom. The van der Waals surface area contributed by atoms with E-state index in [9.17, 15) is 0 Å². The van der Waals surface area contributed by atoms with Crippen molar-refractivity contribution in [3.05, 3.63) is 69.0 Å². The number of nitrogens with zero attached hydrogens (tertiary/aromatic N) is 4. The van der Waals surface area contributed by atoms with Crippen LogP contribution in [0.25, 0.3) is 11.3 Å². The maximum Gasteiger partial charge on any atom is 0.189 e. The molecule has 0 unspecified atom stereocenters. The first-order chi connectivity index (χ1) is 13.6. The molecular weight excluding hydrogens is 485 g/mol. The Morgan fingerprint density at radius 1 is 1.14 bits per heavy atom. The van der Waals surface area contributed by atoms with Gasteiger partial charge in [0.05, 0.1) is 25.5 Å². The van der Waals surface area contributed by atoms with Crippen molar-refractivity contribution >= 4 is 44.9 Å². The summed E-state index contributed by atoms with van der Waals surface area (Å²) in [6.45, 7) is 2.77. The van der Waals surface area contributed by atoms with Crippen LogP contribution in [0.2, 0.25) is 0 Å². The summed E-state index contributed by atoms with van der Waals surface area (Å²) < 4.78 is 8.07. The molecule has 0 aliphatic carbocycles. The summed E-state index contributed by atoms with van der Waals surface area (Å²) >= 11 is 3.81. The molecule has 28 heavy (non-hydrogen) atoms. The van der Waals surface area contributed by atoms with Crippen molar-refractivity contribution in [2.75, 3.05) is 12.4 Å². The lowest BCUT2D eigenvalue weighted by Crippen LogP contribution is -1.99. The fourth-order valence-electron chi connectivity index (χ4n) is 2.80. The van der Waals surface area contributed by atoms with Crippen LogP contribution in [0.4, 0.5) is 10.9 Å². The van der Waals surface area contributed by atoms with Crippen molar-refractivity contribution in [2.45, 2.75) is 13.5 Å². The molecule has 1 aromatic carbocycles. The van der Waals surface area contributed by atoms with Crippen LogP contribution in [0.5, 0.6) is 5.75 Å². The van der Waals surface area contributed by atoms with E-state index in [0.29, 0.717) is 6.54 Å². The molecule has 0 aliphatic heterocycles. The minimum atomic E-state index is 0.699. The first-order valence-electron chi connectivity index (χ1n) is 8.63. The molecule has 0 saturated heterocycles. The van der Waals surface area contributed by atoms with Gasteiger partial charge in [0.2, 0.25) is 0 Å². The first-order valence-corrected chi connectivity index (χ1v) is 10.5. The Labute approximate surface area is 180 Å². The summed E-state index contributed by atoms with van der Waals surface area (Å²) in [5.74, 6) is 1.65. The average molecular weight is 503 g/mol. The van der Waals surface area contributed by atoms with Gasteiger partial charge in [-0.25, -0.2) is 9.97 Å². The van der Waals surface area contributed by atoms with Crippen LogP contribution in [0.15, 0.2) is 54.9 Å².